The highest BCUT2D eigenvalue weighted by Gasteiger charge is 2.20. The molecule has 2 heterocycles. The van der Waals surface area contributed by atoms with E-state index in [0.29, 0.717) is 11.4 Å². The smallest absolute Gasteiger partial charge is 0.250 e. The molecule has 0 fully saturated rings. The zero-order valence-corrected chi connectivity index (χ0v) is 12.7. The van der Waals surface area contributed by atoms with Gasteiger partial charge in [0.05, 0.1) is 29.8 Å². The minimum atomic E-state index is -0.697. The standard InChI is InChI=1S/C16H14FN5O2/c1-24-12-4-2-3-8(13(12)17)14-9(15(18)23)7-11(21-14)10-5-6-20-16(19)22-10/h2-7,21H,1H3,(H2,18,23)(H2,19,20,22). The number of methoxy groups -OCH3 is 1. The third kappa shape index (κ3) is 2.65. The molecule has 0 unspecified atom stereocenters. The first-order chi connectivity index (χ1) is 11.5. The molecule has 1 amide bonds. The molecule has 0 aliphatic heterocycles. The van der Waals surface area contributed by atoms with E-state index in [-0.39, 0.29) is 28.5 Å². The largest absolute Gasteiger partial charge is 0.494 e. The van der Waals surface area contributed by atoms with Crippen molar-refractivity contribution >= 4 is 11.9 Å². The summed E-state index contributed by atoms with van der Waals surface area (Å²) in [5.74, 6) is -1.16. The second-order valence-electron chi connectivity index (χ2n) is 4.96. The third-order valence-electron chi connectivity index (χ3n) is 3.49. The molecular formula is C16H14FN5O2. The van der Waals surface area contributed by atoms with Crippen LogP contribution in [0.3, 0.4) is 0 Å². The molecule has 0 atom stereocenters. The van der Waals surface area contributed by atoms with Crippen molar-refractivity contribution in [3.8, 4) is 28.4 Å². The summed E-state index contributed by atoms with van der Waals surface area (Å²) in [7, 11) is 1.36. The van der Waals surface area contributed by atoms with Gasteiger partial charge in [-0.2, -0.15) is 0 Å². The van der Waals surface area contributed by atoms with Gasteiger partial charge in [0, 0.05) is 11.8 Å². The number of carbonyl (C=O) groups excluding carboxylic acids is 1. The van der Waals surface area contributed by atoms with E-state index in [4.69, 9.17) is 16.2 Å². The van der Waals surface area contributed by atoms with Crippen molar-refractivity contribution in [1.29, 1.82) is 0 Å². The Kier molecular flexibility index (Phi) is 3.87. The first kappa shape index (κ1) is 15.5. The quantitative estimate of drug-likeness (QED) is 0.676. The van der Waals surface area contributed by atoms with Crippen LogP contribution in [0.4, 0.5) is 10.3 Å². The van der Waals surface area contributed by atoms with Crippen LogP contribution in [-0.4, -0.2) is 28.0 Å². The predicted molar refractivity (Wildman–Crippen MR) is 86.7 cm³/mol. The minimum Gasteiger partial charge on any atom is -0.494 e. The summed E-state index contributed by atoms with van der Waals surface area (Å²) in [5, 5.41) is 0. The van der Waals surface area contributed by atoms with Gasteiger partial charge < -0.3 is 21.2 Å². The highest BCUT2D eigenvalue weighted by molar-refractivity contribution is 6.00. The summed E-state index contributed by atoms with van der Waals surface area (Å²) in [4.78, 5) is 22.6. The molecule has 0 spiro atoms. The fourth-order valence-corrected chi connectivity index (χ4v) is 2.38. The number of H-pyrrole nitrogens is 1. The molecular weight excluding hydrogens is 313 g/mol. The number of primary amides is 1. The Morgan fingerprint density at radius 1 is 1.33 bits per heavy atom. The van der Waals surface area contributed by atoms with Crippen LogP contribution in [0.1, 0.15) is 10.4 Å². The zero-order chi connectivity index (χ0) is 17.3. The van der Waals surface area contributed by atoms with Crippen LogP contribution in [0, 0.1) is 5.82 Å². The lowest BCUT2D eigenvalue weighted by atomic mass is 10.1. The van der Waals surface area contributed by atoms with Gasteiger partial charge in [-0.25, -0.2) is 14.4 Å². The topological polar surface area (TPSA) is 120 Å². The number of anilines is 1. The predicted octanol–water partition coefficient (Wildman–Crippen LogP) is 1.97. The van der Waals surface area contributed by atoms with Crippen LogP contribution in [-0.2, 0) is 0 Å². The van der Waals surface area contributed by atoms with Gasteiger partial charge in [-0.05, 0) is 24.3 Å². The molecule has 0 bridgehead atoms. The molecule has 2 aromatic heterocycles. The van der Waals surface area contributed by atoms with E-state index < -0.39 is 11.7 Å². The highest BCUT2D eigenvalue weighted by Crippen LogP contribution is 2.33. The molecule has 3 aromatic rings. The van der Waals surface area contributed by atoms with Crippen molar-refractivity contribution in [2.75, 3.05) is 12.8 Å². The Morgan fingerprint density at radius 2 is 2.12 bits per heavy atom. The molecule has 0 aliphatic carbocycles. The number of aromatic amines is 1. The lowest BCUT2D eigenvalue weighted by molar-refractivity contribution is 0.100. The number of carbonyl (C=O) groups is 1. The van der Waals surface area contributed by atoms with Gasteiger partial charge in [-0.3, -0.25) is 4.79 Å². The van der Waals surface area contributed by atoms with E-state index in [0.717, 1.165) is 0 Å². The second kappa shape index (κ2) is 5.99. The summed E-state index contributed by atoms with van der Waals surface area (Å²) >= 11 is 0. The molecule has 122 valence electrons. The van der Waals surface area contributed by atoms with Gasteiger partial charge in [-0.15, -0.1) is 0 Å². The number of ether oxygens (including phenoxy) is 1. The molecule has 1 aromatic carbocycles. The van der Waals surface area contributed by atoms with E-state index in [1.54, 1.807) is 12.1 Å². The van der Waals surface area contributed by atoms with Crippen molar-refractivity contribution in [1.82, 2.24) is 15.0 Å². The van der Waals surface area contributed by atoms with Crippen molar-refractivity contribution in [3.63, 3.8) is 0 Å². The molecule has 3 rings (SSSR count). The summed E-state index contributed by atoms with van der Waals surface area (Å²) in [6, 6.07) is 7.73. The van der Waals surface area contributed by atoms with Gasteiger partial charge in [0.1, 0.15) is 0 Å². The molecule has 0 saturated carbocycles. The van der Waals surface area contributed by atoms with Gasteiger partial charge >= 0.3 is 0 Å². The number of rotatable bonds is 4. The van der Waals surface area contributed by atoms with E-state index in [9.17, 15) is 9.18 Å². The van der Waals surface area contributed by atoms with Crippen molar-refractivity contribution in [2.45, 2.75) is 0 Å². The minimum absolute atomic E-state index is 0.0605. The molecule has 7 nitrogen and oxygen atoms in total. The van der Waals surface area contributed by atoms with E-state index >= 15 is 0 Å². The SMILES string of the molecule is COc1cccc(-c2[nH]c(-c3ccnc(N)n3)cc2C(N)=O)c1F. The van der Waals surface area contributed by atoms with Crippen LogP contribution in [0.25, 0.3) is 22.6 Å². The Morgan fingerprint density at radius 3 is 2.79 bits per heavy atom. The Labute approximate surface area is 136 Å². The number of nitrogens with zero attached hydrogens (tertiary/aromatic N) is 2. The normalized spacial score (nSPS) is 10.6. The Hall–Kier alpha value is -3.42. The zero-order valence-electron chi connectivity index (χ0n) is 12.7. The Balaban J connectivity index is 2.20. The molecule has 0 radical (unpaired) electrons. The maximum absolute atomic E-state index is 14.5. The lowest BCUT2D eigenvalue weighted by Gasteiger charge is -2.07. The van der Waals surface area contributed by atoms with Gasteiger partial charge in [0.25, 0.3) is 5.91 Å². The number of benzene rings is 1. The maximum Gasteiger partial charge on any atom is 0.250 e. The number of aromatic nitrogens is 3. The summed E-state index contributed by atoms with van der Waals surface area (Å²) in [5.41, 5.74) is 12.5. The maximum atomic E-state index is 14.5. The van der Waals surface area contributed by atoms with Gasteiger partial charge in [-0.1, -0.05) is 6.07 Å². The number of hydrogen-bond donors (Lipinski definition) is 3. The van der Waals surface area contributed by atoms with Crippen LogP contribution < -0.4 is 16.2 Å². The van der Waals surface area contributed by atoms with Crippen molar-refractivity contribution < 1.29 is 13.9 Å². The van der Waals surface area contributed by atoms with Crippen LogP contribution in [0.5, 0.6) is 5.75 Å². The molecule has 5 N–H and O–H groups in total. The van der Waals surface area contributed by atoms with Crippen molar-refractivity contribution in [3.05, 3.63) is 47.9 Å². The first-order valence-electron chi connectivity index (χ1n) is 6.96. The van der Waals surface area contributed by atoms with Crippen LogP contribution >= 0.6 is 0 Å². The lowest BCUT2D eigenvalue weighted by Crippen LogP contribution is -2.11. The van der Waals surface area contributed by atoms with Crippen LogP contribution in [0.15, 0.2) is 36.5 Å². The average Bonchev–Trinajstić information content (AvgIpc) is 3.00. The summed E-state index contributed by atoms with van der Waals surface area (Å²) in [6.07, 6.45) is 1.48. The monoisotopic (exact) mass is 327 g/mol. The fraction of sp³-hybridized carbons (Fsp3) is 0.0625. The van der Waals surface area contributed by atoms with E-state index in [1.807, 2.05) is 0 Å². The summed E-state index contributed by atoms with van der Waals surface area (Å²) in [6.45, 7) is 0. The number of halogens is 1. The van der Waals surface area contributed by atoms with Gasteiger partial charge in [0.2, 0.25) is 5.95 Å². The molecule has 8 heteroatoms. The van der Waals surface area contributed by atoms with E-state index in [1.165, 1.54) is 31.5 Å². The number of nitrogens with one attached hydrogen (secondary N) is 1. The van der Waals surface area contributed by atoms with E-state index in [2.05, 4.69) is 15.0 Å². The molecule has 24 heavy (non-hydrogen) atoms. The molecule has 0 saturated heterocycles. The third-order valence-corrected chi connectivity index (χ3v) is 3.49. The number of nitrogen functional groups attached to an aromatic ring is 1. The second-order valence-corrected chi connectivity index (χ2v) is 4.96. The van der Waals surface area contributed by atoms with Gasteiger partial charge in [0.15, 0.2) is 11.6 Å². The fourth-order valence-electron chi connectivity index (χ4n) is 2.38. The average molecular weight is 327 g/mol. The first-order valence-corrected chi connectivity index (χ1v) is 6.96. The molecule has 0 aliphatic rings. The van der Waals surface area contributed by atoms with Crippen molar-refractivity contribution in [2.24, 2.45) is 5.73 Å². The highest BCUT2D eigenvalue weighted by atomic mass is 19.1. The number of amides is 1. The Bertz CT molecular complexity index is 923. The number of nitrogens with two attached hydrogens (primary N) is 2. The number of hydrogen-bond acceptors (Lipinski definition) is 5. The summed E-state index contributed by atoms with van der Waals surface area (Å²) < 4.78 is 19.5. The van der Waals surface area contributed by atoms with Crippen LogP contribution in [0.2, 0.25) is 0 Å².